The number of benzene rings is 2. The zero-order valence-electron chi connectivity index (χ0n) is 12.9. The molecule has 6 heteroatoms. The molecule has 0 aliphatic rings. The van der Waals surface area contributed by atoms with E-state index in [1.54, 1.807) is 14.2 Å². The molecule has 0 amide bonds. The number of anilines is 3. The zero-order chi connectivity index (χ0) is 16.2. The number of thiazole rings is 1. The van der Waals surface area contributed by atoms with E-state index in [-0.39, 0.29) is 0 Å². The van der Waals surface area contributed by atoms with Crippen LogP contribution >= 0.6 is 11.3 Å². The van der Waals surface area contributed by atoms with E-state index >= 15 is 0 Å². The van der Waals surface area contributed by atoms with E-state index < -0.39 is 0 Å². The van der Waals surface area contributed by atoms with Gasteiger partial charge < -0.3 is 20.5 Å². The largest absolute Gasteiger partial charge is 0.495 e. The molecule has 0 radical (unpaired) electrons. The molecule has 0 fully saturated rings. The summed E-state index contributed by atoms with van der Waals surface area (Å²) in [5, 5.41) is 6.05. The fraction of sp³-hybridized carbons (Fsp3) is 0.118. The molecule has 0 atom stereocenters. The summed E-state index contributed by atoms with van der Waals surface area (Å²) < 4.78 is 10.5. The van der Waals surface area contributed by atoms with Gasteiger partial charge in [-0.1, -0.05) is 12.1 Å². The van der Waals surface area contributed by atoms with Gasteiger partial charge in [-0.05, 0) is 30.3 Å². The van der Waals surface area contributed by atoms with Crippen molar-refractivity contribution >= 4 is 27.8 Å². The summed E-state index contributed by atoms with van der Waals surface area (Å²) in [7, 11) is 3.25. The summed E-state index contributed by atoms with van der Waals surface area (Å²) in [6.45, 7) is 0. The first-order valence-corrected chi connectivity index (χ1v) is 7.88. The Balaban J connectivity index is 1.84. The maximum absolute atomic E-state index is 5.96. The summed E-state index contributed by atoms with van der Waals surface area (Å²) in [4.78, 5) is 4.60. The molecule has 3 aromatic rings. The van der Waals surface area contributed by atoms with Gasteiger partial charge in [0.05, 0.1) is 31.3 Å². The molecule has 0 bridgehead atoms. The Morgan fingerprint density at radius 3 is 2.57 bits per heavy atom. The molecule has 2 aromatic carbocycles. The number of hydrogen-bond acceptors (Lipinski definition) is 6. The smallest absolute Gasteiger partial charge is 0.187 e. The van der Waals surface area contributed by atoms with Gasteiger partial charge in [0.25, 0.3) is 0 Å². The van der Waals surface area contributed by atoms with Crippen LogP contribution in [-0.4, -0.2) is 19.2 Å². The predicted octanol–water partition coefficient (Wildman–Crippen LogP) is 4.15. The molecule has 118 valence electrons. The Kier molecular flexibility index (Phi) is 4.34. The van der Waals surface area contributed by atoms with Crippen molar-refractivity contribution in [3.05, 3.63) is 47.8 Å². The third-order valence-electron chi connectivity index (χ3n) is 3.38. The average Bonchev–Trinajstić information content (AvgIpc) is 3.04. The normalized spacial score (nSPS) is 10.3. The third-order valence-corrected chi connectivity index (χ3v) is 4.14. The maximum Gasteiger partial charge on any atom is 0.187 e. The van der Waals surface area contributed by atoms with Gasteiger partial charge in [0.15, 0.2) is 5.13 Å². The minimum atomic E-state index is 0.595. The van der Waals surface area contributed by atoms with Crippen LogP contribution in [0.2, 0.25) is 0 Å². The number of hydrogen-bond donors (Lipinski definition) is 2. The summed E-state index contributed by atoms with van der Waals surface area (Å²) in [5.41, 5.74) is 9.24. The number of para-hydroxylation sites is 2. The van der Waals surface area contributed by atoms with E-state index in [9.17, 15) is 0 Å². The van der Waals surface area contributed by atoms with Crippen molar-refractivity contribution in [2.75, 3.05) is 25.3 Å². The molecule has 0 aliphatic heterocycles. The summed E-state index contributed by atoms with van der Waals surface area (Å²) in [6, 6.07) is 13.4. The Morgan fingerprint density at radius 1 is 1.04 bits per heavy atom. The van der Waals surface area contributed by atoms with Crippen molar-refractivity contribution in [2.24, 2.45) is 0 Å². The van der Waals surface area contributed by atoms with Crippen LogP contribution in [0.5, 0.6) is 11.5 Å². The molecule has 0 saturated heterocycles. The molecular formula is C17H17N3O2S. The number of rotatable bonds is 5. The second-order valence-corrected chi connectivity index (χ2v) is 5.68. The molecule has 5 nitrogen and oxygen atoms in total. The molecule has 1 heterocycles. The first-order chi connectivity index (χ1) is 11.2. The van der Waals surface area contributed by atoms with E-state index in [0.29, 0.717) is 11.4 Å². The van der Waals surface area contributed by atoms with E-state index in [4.69, 9.17) is 15.2 Å². The minimum Gasteiger partial charge on any atom is -0.495 e. The number of nitrogens with zero attached hydrogens (tertiary/aromatic N) is 1. The van der Waals surface area contributed by atoms with Crippen LogP contribution in [0.25, 0.3) is 11.3 Å². The van der Waals surface area contributed by atoms with Gasteiger partial charge in [-0.25, -0.2) is 4.98 Å². The average molecular weight is 327 g/mol. The highest BCUT2D eigenvalue weighted by atomic mass is 32.1. The fourth-order valence-corrected chi connectivity index (χ4v) is 2.95. The van der Waals surface area contributed by atoms with E-state index in [0.717, 1.165) is 27.8 Å². The van der Waals surface area contributed by atoms with Crippen LogP contribution in [0.4, 0.5) is 16.5 Å². The fourth-order valence-electron chi connectivity index (χ4n) is 2.22. The van der Waals surface area contributed by atoms with Crippen molar-refractivity contribution in [1.82, 2.24) is 4.98 Å². The molecule has 23 heavy (non-hydrogen) atoms. The Bertz CT molecular complexity index is 817. The molecule has 3 rings (SSSR count). The summed E-state index contributed by atoms with van der Waals surface area (Å²) in [5.74, 6) is 1.44. The lowest BCUT2D eigenvalue weighted by molar-refractivity contribution is 0.417. The Hall–Kier alpha value is -2.73. The van der Waals surface area contributed by atoms with Gasteiger partial charge in [0.1, 0.15) is 11.5 Å². The number of aromatic nitrogens is 1. The molecule has 1 aromatic heterocycles. The molecule has 0 unspecified atom stereocenters. The quantitative estimate of drug-likeness (QED) is 0.689. The van der Waals surface area contributed by atoms with Gasteiger partial charge in [-0.15, -0.1) is 11.3 Å². The lowest BCUT2D eigenvalue weighted by Gasteiger charge is -2.08. The van der Waals surface area contributed by atoms with Crippen molar-refractivity contribution in [1.29, 1.82) is 0 Å². The third kappa shape index (κ3) is 3.22. The second kappa shape index (κ2) is 6.58. The first-order valence-electron chi connectivity index (χ1n) is 7.00. The molecule has 0 aliphatic carbocycles. The molecular weight excluding hydrogens is 310 g/mol. The van der Waals surface area contributed by atoms with Crippen molar-refractivity contribution < 1.29 is 9.47 Å². The highest BCUT2D eigenvalue weighted by Gasteiger charge is 2.09. The van der Waals surface area contributed by atoms with Crippen LogP contribution in [0, 0.1) is 0 Å². The molecule has 0 saturated carbocycles. The number of nitrogens with two attached hydrogens (primary N) is 1. The molecule has 3 N–H and O–H groups in total. The SMILES string of the molecule is COc1ccc(-c2csc(Nc3ccccc3OC)n2)cc1N. The second-order valence-electron chi connectivity index (χ2n) is 4.82. The van der Waals surface area contributed by atoms with Crippen LogP contribution in [-0.2, 0) is 0 Å². The van der Waals surface area contributed by atoms with Crippen molar-refractivity contribution in [3.8, 4) is 22.8 Å². The maximum atomic E-state index is 5.96. The lowest BCUT2D eigenvalue weighted by atomic mass is 10.1. The number of methoxy groups -OCH3 is 2. The highest BCUT2D eigenvalue weighted by molar-refractivity contribution is 7.14. The number of nitrogens with one attached hydrogen (secondary N) is 1. The monoisotopic (exact) mass is 327 g/mol. The first kappa shape index (κ1) is 15.2. The highest BCUT2D eigenvalue weighted by Crippen LogP contribution is 2.33. The topological polar surface area (TPSA) is 69.4 Å². The number of ether oxygens (including phenoxy) is 2. The lowest BCUT2D eigenvalue weighted by Crippen LogP contribution is -1.94. The predicted molar refractivity (Wildman–Crippen MR) is 94.8 cm³/mol. The zero-order valence-corrected chi connectivity index (χ0v) is 13.7. The minimum absolute atomic E-state index is 0.595. The van der Waals surface area contributed by atoms with Crippen LogP contribution < -0.4 is 20.5 Å². The van der Waals surface area contributed by atoms with Crippen LogP contribution in [0.1, 0.15) is 0 Å². The van der Waals surface area contributed by atoms with Gasteiger partial charge in [-0.2, -0.15) is 0 Å². The Morgan fingerprint density at radius 2 is 1.83 bits per heavy atom. The van der Waals surface area contributed by atoms with E-state index in [2.05, 4.69) is 10.3 Å². The standard InChI is InChI=1S/C17H17N3O2S/c1-21-15-8-7-11(9-12(15)18)14-10-23-17(20-14)19-13-5-3-4-6-16(13)22-2/h3-10H,18H2,1-2H3,(H,19,20). The van der Waals surface area contributed by atoms with Crippen molar-refractivity contribution in [3.63, 3.8) is 0 Å². The van der Waals surface area contributed by atoms with Crippen LogP contribution in [0.3, 0.4) is 0 Å². The van der Waals surface area contributed by atoms with Gasteiger partial charge in [-0.3, -0.25) is 0 Å². The summed E-state index contributed by atoms with van der Waals surface area (Å²) in [6.07, 6.45) is 0. The summed E-state index contributed by atoms with van der Waals surface area (Å²) >= 11 is 1.52. The Labute approximate surface area is 138 Å². The van der Waals surface area contributed by atoms with Gasteiger partial charge >= 0.3 is 0 Å². The van der Waals surface area contributed by atoms with Gasteiger partial charge in [0.2, 0.25) is 0 Å². The van der Waals surface area contributed by atoms with E-state index in [1.165, 1.54) is 11.3 Å². The van der Waals surface area contributed by atoms with Crippen molar-refractivity contribution in [2.45, 2.75) is 0 Å². The van der Waals surface area contributed by atoms with E-state index in [1.807, 2.05) is 47.8 Å². The molecule has 0 spiro atoms. The van der Waals surface area contributed by atoms with Crippen LogP contribution in [0.15, 0.2) is 47.8 Å². The number of nitrogen functional groups attached to an aromatic ring is 1. The van der Waals surface area contributed by atoms with Gasteiger partial charge in [0, 0.05) is 10.9 Å².